The van der Waals surface area contributed by atoms with Crippen LogP contribution in [0.5, 0.6) is 0 Å². The molecule has 0 atom stereocenters. The van der Waals surface area contributed by atoms with Crippen LogP contribution in [0.2, 0.25) is 0 Å². The van der Waals surface area contributed by atoms with E-state index in [2.05, 4.69) is 46.9 Å². The zero-order valence-electron chi connectivity index (χ0n) is 12.1. The van der Waals surface area contributed by atoms with Crippen LogP contribution < -0.4 is 5.32 Å². The quantitative estimate of drug-likeness (QED) is 0.704. The van der Waals surface area contributed by atoms with E-state index in [0.29, 0.717) is 10.8 Å². The minimum Gasteiger partial charge on any atom is -0.379 e. The lowest BCUT2D eigenvalue weighted by Crippen LogP contribution is -2.30. The van der Waals surface area contributed by atoms with Gasteiger partial charge in [0.15, 0.2) is 0 Å². The van der Waals surface area contributed by atoms with Crippen LogP contribution >= 0.6 is 0 Å². The number of rotatable bonds is 6. The molecule has 0 aromatic carbocycles. The van der Waals surface area contributed by atoms with E-state index in [0.717, 1.165) is 25.4 Å². The van der Waals surface area contributed by atoms with Crippen molar-refractivity contribution in [1.29, 1.82) is 0 Å². The van der Waals surface area contributed by atoms with Crippen LogP contribution in [0.1, 0.15) is 48.0 Å². The van der Waals surface area contributed by atoms with Gasteiger partial charge in [-0.1, -0.05) is 27.7 Å². The molecule has 1 saturated carbocycles. The van der Waals surface area contributed by atoms with Crippen LogP contribution in [0, 0.1) is 16.7 Å². The van der Waals surface area contributed by atoms with E-state index in [1.807, 2.05) is 0 Å². The Morgan fingerprint density at radius 3 is 2.00 bits per heavy atom. The smallest absolute Gasteiger partial charge is 0.0634 e. The second-order valence-corrected chi connectivity index (χ2v) is 6.91. The van der Waals surface area contributed by atoms with Crippen LogP contribution in [-0.2, 0) is 4.74 Å². The first-order chi connectivity index (χ1) is 7.15. The van der Waals surface area contributed by atoms with Crippen molar-refractivity contribution < 1.29 is 4.74 Å². The Bertz CT molecular complexity index is 229. The van der Waals surface area contributed by atoms with E-state index in [1.165, 1.54) is 0 Å². The first-order valence-electron chi connectivity index (χ1n) is 6.41. The molecule has 0 heterocycles. The second kappa shape index (κ2) is 4.30. The van der Waals surface area contributed by atoms with Crippen LogP contribution in [0.4, 0.5) is 0 Å². The Labute approximate surface area is 101 Å². The molecule has 0 bridgehead atoms. The number of ether oxygens (including phenoxy) is 1. The summed E-state index contributed by atoms with van der Waals surface area (Å²) in [4.78, 5) is 0. The molecule has 0 spiro atoms. The molecule has 1 fully saturated rings. The molecule has 1 rings (SSSR count). The zero-order chi connectivity index (χ0) is 12.6. The van der Waals surface area contributed by atoms with Gasteiger partial charge in [0, 0.05) is 7.11 Å². The average Bonchev–Trinajstić information content (AvgIpc) is 2.54. The van der Waals surface area contributed by atoms with Crippen molar-refractivity contribution in [2.45, 2.75) is 53.6 Å². The average molecular weight is 227 g/mol. The van der Waals surface area contributed by atoms with Gasteiger partial charge in [0.25, 0.3) is 0 Å². The highest BCUT2D eigenvalue weighted by molar-refractivity contribution is 5.12. The summed E-state index contributed by atoms with van der Waals surface area (Å²) in [5.74, 6) is 0.811. The molecule has 96 valence electrons. The van der Waals surface area contributed by atoms with Crippen LogP contribution in [-0.4, -0.2) is 25.8 Å². The van der Waals surface area contributed by atoms with Gasteiger partial charge in [0.1, 0.15) is 0 Å². The normalized spacial score (nSPS) is 23.4. The van der Waals surface area contributed by atoms with Crippen molar-refractivity contribution in [2.24, 2.45) is 16.7 Å². The summed E-state index contributed by atoms with van der Waals surface area (Å²) in [6, 6.07) is 0. The summed E-state index contributed by atoms with van der Waals surface area (Å²) in [7, 11) is 1.78. The lowest BCUT2D eigenvalue weighted by atomic mass is 10.0. The van der Waals surface area contributed by atoms with E-state index in [4.69, 9.17) is 4.74 Å². The first-order valence-corrected chi connectivity index (χ1v) is 6.41. The zero-order valence-corrected chi connectivity index (χ0v) is 12.1. The molecule has 0 aromatic heterocycles. The second-order valence-electron chi connectivity index (χ2n) is 6.91. The third-order valence-corrected chi connectivity index (χ3v) is 5.12. The monoisotopic (exact) mass is 227 g/mol. The highest BCUT2D eigenvalue weighted by atomic mass is 16.5. The minimum atomic E-state index is 0.00157. The predicted octanol–water partition coefficient (Wildman–Crippen LogP) is 3.07. The topological polar surface area (TPSA) is 21.3 Å². The third-order valence-electron chi connectivity index (χ3n) is 5.12. The van der Waals surface area contributed by atoms with Gasteiger partial charge in [-0.2, -0.15) is 0 Å². The van der Waals surface area contributed by atoms with Crippen molar-refractivity contribution in [1.82, 2.24) is 5.32 Å². The fraction of sp³-hybridized carbons (Fsp3) is 1.00. The summed E-state index contributed by atoms with van der Waals surface area (Å²) in [6.07, 6.45) is 1.07. The number of hydrogen-bond donors (Lipinski definition) is 1. The summed E-state index contributed by atoms with van der Waals surface area (Å²) in [6.45, 7) is 16.0. The fourth-order valence-electron chi connectivity index (χ4n) is 2.58. The Balaban J connectivity index is 2.19. The molecule has 2 nitrogen and oxygen atoms in total. The fourth-order valence-corrected chi connectivity index (χ4v) is 2.58. The van der Waals surface area contributed by atoms with E-state index in [1.54, 1.807) is 7.11 Å². The largest absolute Gasteiger partial charge is 0.379 e. The number of nitrogens with one attached hydrogen (secondary N) is 1. The van der Waals surface area contributed by atoms with Gasteiger partial charge in [-0.25, -0.2) is 0 Å². The first kappa shape index (κ1) is 14.0. The highest BCUT2D eigenvalue weighted by Gasteiger charge is 2.63. The Kier molecular flexibility index (Phi) is 3.76. The van der Waals surface area contributed by atoms with Crippen molar-refractivity contribution in [3.05, 3.63) is 0 Å². The lowest BCUT2D eigenvalue weighted by molar-refractivity contribution is 0.0158. The van der Waals surface area contributed by atoms with Crippen molar-refractivity contribution in [3.8, 4) is 0 Å². The maximum absolute atomic E-state index is 5.40. The molecule has 0 amide bonds. The maximum atomic E-state index is 5.40. The van der Waals surface area contributed by atoms with Crippen LogP contribution in [0.15, 0.2) is 0 Å². The molecule has 0 unspecified atom stereocenters. The maximum Gasteiger partial charge on any atom is 0.0634 e. The molecule has 2 heteroatoms. The molecule has 0 saturated heterocycles. The summed E-state index contributed by atoms with van der Waals surface area (Å²) < 4.78 is 5.40. The molecule has 16 heavy (non-hydrogen) atoms. The SMILES string of the molecule is COC(C)(C)CCNCC1C(C)(C)C1(C)C. The summed E-state index contributed by atoms with van der Waals surface area (Å²) >= 11 is 0. The van der Waals surface area contributed by atoms with E-state index in [9.17, 15) is 0 Å². The Morgan fingerprint density at radius 1 is 1.12 bits per heavy atom. The van der Waals surface area contributed by atoms with Crippen LogP contribution in [0.3, 0.4) is 0 Å². The van der Waals surface area contributed by atoms with Gasteiger partial charge in [0.05, 0.1) is 5.60 Å². The molecule has 1 aliphatic rings. The molecule has 1 N–H and O–H groups in total. The lowest BCUT2D eigenvalue weighted by Gasteiger charge is -2.22. The third kappa shape index (κ3) is 2.60. The van der Waals surface area contributed by atoms with Gasteiger partial charge >= 0.3 is 0 Å². The van der Waals surface area contributed by atoms with E-state index < -0.39 is 0 Å². The number of hydrogen-bond acceptors (Lipinski definition) is 2. The van der Waals surface area contributed by atoms with E-state index >= 15 is 0 Å². The molecule has 1 aliphatic carbocycles. The van der Waals surface area contributed by atoms with Gasteiger partial charge in [-0.3, -0.25) is 0 Å². The van der Waals surface area contributed by atoms with Crippen molar-refractivity contribution >= 4 is 0 Å². The summed E-state index contributed by atoms with van der Waals surface area (Å²) in [5, 5.41) is 3.57. The molecular formula is C14H29NO. The minimum absolute atomic E-state index is 0.00157. The molecule has 0 aromatic rings. The van der Waals surface area contributed by atoms with Gasteiger partial charge in [-0.15, -0.1) is 0 Å². The number of methoxy groups -OCH3 is 1. The Hall–Kier alpha value is -0.0800. The van der Waals surface area contributed by atoms with Crippen molar-refractivity contribution in [3.63, 3.8) is 0 Å². The molecule has 0 radical (unpaired) electrons. The van der Waals surface area contributed by atoms with Crippen LogP contribution in [0.25, 0.3) is 0 Å². The van der Waals surface area contributed by atoms with Crippen molar-refractivity contribution in [2.75, 3.05) is 20.2 Å². The summed E-state index contributed by atoms with van der Waals surface area (Å²) in [5.41, 5.74) is 0.995. The molecule has 0 aliphatic heterocycles. The molecular weight excluding hydrogens is 198 g/mol. The van der Waals surface area contributed by atoms with Gasteiger partial charge in [-0.05, 0) is 50.1 Å². The van der Waals surface area contributed by atoms with Gasteiger partial charge in [0.2, 0.25) is 0 Å². The highest BCUT2D eigenvalue weighted by Crippen LogP contribution is 2.67. The Morgan fingerprint density at radius 2 is 1.62 bits per heavy atom. The predicted molar refractivity (Wildman–Crippen MR) is 69.6 cm³/mol. The van der Waals surface area contributed by atoms with E-state index in [-0.39, 0.29) is 5.60 Å². The standard InChI is InChI=1S/C14H29NO/c1-12(2,16-7)8-9-15-10-11-13(3,4)14(11,5)6/h11,15H,8-10H2,1-7H3. The van der Waals surface area contributed by atoms with Gasteiger partial charge < -0.3 is 10.1 Å².